The number of hydrogen-bond donors (Lipinski definition) is 1. The summed E-state index contributed by atoms with van der Waals surface area (Å²) in [5.41, 5.74) is 1.13. The van der Waals surface area contributed by atoms with Crippen molar-refractivity contribution < 1.29 is 8.42 Å². The minimum atomic E-state index is -3.16. The van der Waals surface area contributed by atoms with Crippen molar-refractivity contribution in [1.29, 1.82) is 0 Å². The minimum Gasteiger partial charge on any atom is -0.355 e. The lowest BCUT2D eigenvalue weighted by atomic mass is 9.83. The molecule has 116 valence electrons. The zero-order chi connectivity index (χ0) is 14.9. The molecule has 1 aromatic heterocycles. The first-order chi connectivity index (χ1) is 10.0. The smallest absolute Gasteiger partial charge is 0.209 e. The molecule has 2 fully saturated rings. The van der Waals surface area contributed by atoms with Crippen LogP contribution in [0.1, 0.15) is 43.7 Å². The third kappa shape index (κ3) is 3.71. The van der Waals surface area contributed by atoms with Crippen molar-refractivity contribution in [2.45, 2.75) is 44.1 Å². The van der Waals surface area contributed by atoms with E-state index in [9.17, 15) is 8.42 Å². The standard InChI is InChI=1S/C14H22N4O2S/c1-21(19,20)17-12-6-3-7-18(9-12)14-8-13(15-10-16-14)11-4-2-5-11/h8,10-12,17H,2-7,9H2,1H3. The molecule has 3 rings (SSSR count). The van der Waals surface area contributed by atoms with E-state index in [-0.39, 0.29) is 6.04 Å². The van der Waals surface area contributed by atoms with Crippen LogP contribution in [0.3, 0.4) is 0 Å². The molecule has 2 aliphatic rings. The van der Waals surface area contributed by atoms with E-state index in [1.54, 1.807) is 6.33 Å². The van der Waals surface area contributed by atoms with Crippen molar-refractivity contribution >= 4 is 15.8 Å². The highest BCUT2D eigenvalue weighted by Crippen LogP contribution is 2.36. The number of aromatic nitrogens is 2. The largest absolute Gasteiger partial charge is 0.355 e. The molecule has 1 atom stereocenters. The molecular weight excluding hydrogens is 288 g/mol. The summed E-state index contributed by atoms with van der Waals surface area (Å²) in [6.45, 7) is 1.59. The second-order valence-electron chi connectivity index (χ2n) is 6.10. The van der Waals surface area contributed by atoms with Crippen LogP contribution in [0.2, 0.25) is 0 Å². The van der Waals surface area contributed by atoms with Gasteiger partial charge in [0.05, 0.1) is 6.26 Å². The van der Waals surface area contributed by atoms with E-state index in [1.165, 1.54) is 25.5 Å². The Morgan fingerprint density at radius 3 is 2.71 bits per heavy atom. The summed E-state index contributed by atoms with van der Waals surface area (Å²) in [5, 5.41) is 0. The Labute approximate surface area is 126 Å². The Hall–Kier alpha value is -1.21. The molecule has 0 amide bonds. The van der Waals surface area contributed by atoms with Gasteiger partial charge < -0.3 is 4.90 Å². The highest BCUT2D eigenvalue weighted by atomic mass is 32.2. The molecule has 7 heteroatoms. The maximum atomic E-state index is 11.4. The van der Waals surface area contributed by atoms with Crippen molar-refractivity contribution in [2.75, 3.05) is 24.2 Å². The molecule has 0 aromatic carbocycles. The van der Waals surface area contributed by atoms with E-state index in [2.05, 4.69) is 25.7 Å². The molecule has 0 radical (unpaired) electrons. The molecule has 2 heterocycles. The number of sulfonamides is 1. The SMILES string of the molecule is CS(=O)(=O)NC1CCCN(c2cc(C3CCC3)ncn2)C1. The lowest BCUT2D eigenvalue weighted by Crippen LogP contribution is -2.47. The van der Waals surface area contributed by atoms with Crippen molar-refractivity contribution in [3.05, 3.63) is 18.1 Å². The molecule has 1 aromatic rings. The third-order valence-electron chi connectivity index (χ3n) is 4.32. The molecule has 0 bridgehead atoms. The van der Waals surface area contributed by atoms with Crippen LogP contribution in [0.4, 0.5) is 5.82 Å². The van der Waals surface area contributed by atoms with E-state index >= 15 is 0 Å². The fraction of sp³-hybridized carbons (Fsp3) is 0.714. The van der Waals surface area contributed by atoms with Crippen molar-refractivity contribution in [2.24, 2.45) is 0 Å². The predicted molar refractivity (Wildman–Crippen MR) is 81.8 cm³/mol. The summed E-state index contributed by atoms with van der Waals surface area (Å²) in [7, 11) is -3.16. The number of hydrogen-bond acceptors (Lipinski definition) is 5. The number of nitrogens with zero attached hydrogens (tertiary/aromatic N) is 3. The first-order valence-electron chi connectivity index (χ1n) is 7.55. The van der Waals surface area contributed by atoms with Crippen molar-refractivity contribution in [1.82, 2.24) is 14.7 Å². The monoisotopic (exact) mass is 310 g/mol. The maximum Gasteiger partial charge on any atom is 0.209 e. The molecule has 1 unspecified atom stereocenters. The van der Waals surface area contributed by atoms with E-state index in [0.717, 1.165) is 30.9 Å². The van der Waals surface area contributed by atoms with E-state index in [0.29, 0.717) is 12.5 Å². The summed E-state index contributed by atoms with van der Waals surface area (Å²) in [5.74, 6) is 1.51. The molecule has 1 aliphatic carbocycles. The first-order valence-corrected chi connectivity index (χ1v) is 9.44. The van der Waals surface area contributed by atoms with Crippen LogP contribution in [0, 0.1) is 0 Å². The van der Waals surface area contributed by atoms with E-state index in [4.69, 9.17) is 0 Å². The third-order valence-corrected chi connectivity index (χ3v) is 5.08. The van der Waals surface area contributed by atoms with Gasteiger partial charge in [-0.1, -0.05) is 6.42 Å². The highest BCUT2D eigenvalue weighted by molar-refractivity contribution is 7.88. The van der Waals surface area contributed by atoms with Crippen LogP contribution in [-0.2, 0) is 10.0 Å². The maximum absolute atomic E-state index is 11.4. The molecule has 21 heavy (non-hydrogen) atoms. The van der Waals surface area contributed by atoms with Gasteiger partial charge in [-0.15, -0.1) is 0 Å². The zero-order valence-corrected chi connectivity index (χ0v) is 13.1. The zero-order valence-electron chi connectivity index (χ0n) is 12.3. The van der Waals surface area contributed by atoms with Crippen LogP contribution < -0.4 is 9.62 Å². The molecule has 1 aliphatic heterocycles. The van der Waals surface area contributed by atoms with Crippen LogP contribution in [0.15, 0.2) is 12.4 Å². The lowest BCUT2D eigenvalue weighted by molar-refractivity contribution is 0.410. The second-order valence-corrected chi connectivity index (χ2v) is 7.88. The Morgan fingerprint density at radius 2 is 2.05 bits per heavy atom. The van der Waals surface area contributed by atoms with Crippen molar-refractivity contribution in [3.63, 3.8) is 0 Å². The molecule has 1 saturated heterocycles. The molecule has 1 N–H and O–H groups in total. The fourth-order valence-electron chi connectivity index (χ4n) is 3.05. The number of anilines is 1. The number of piperidine rings is 1. The van der Waals surface area contributed by atoms with Crippen LogP contribution >= 0.6 is 0 Å². The van der Waals surface area contributed by atoms with E-state index in [1.807, 2.05) is 0 Å². The van der Waals surface area contributed by atoms with Gasteiger partial charge in [-0.05, 0) is 25.7 Å². The van der Waals surface area contributed by atoms with Gasteiger partial charge >= 0.3 is 0 Å². The Kier molecular flexibility index (Phi) is 4.12. The van der Waals surface area contributed by atoms with Crippen molar-refractivity contribution in [3.8, 4) is 0 Å². The first kappa shape index (κ1) is 14.7. The van der Waals surface area contributed by atoms with Gasteiger partial charge in [0.1, 0.15) is 12.1 Å². The van der Waals surface area contributed by atoms with Gasteiger partial charge in [0.2, 0.25) is 10.0 Å². The average molecular weight is 310 g/mol. The van der Waals surface area contributed by atoms with Gasteiger partial charge in [-0.2, -0.15) is 0 Å². The van der Waals surface area contributed by atoms with Gasteiger partial charge in [-0.25, -0.2) is 23.1 Å². The van der Waals surface area contributed by atoms with Gasteiger partial charge in [0, 0.05) is 36.8 Å². The highest BCUT2D eigenvalue weighted by Gasteiger charge is 2.25. The Morgan fingerprint density at radius 1 is 1.24 bits per heavy atom. The van der Waals surface area contributed by atoms with Gasteiger partial charge in [0.15, 0.2) is 0 Å². The summed E-state index contributed by atoms with van der Waals surface area (Å²) in [6, 6.07) is 2.04. The van der Waals surface area contributed by atoms with Crippen LogP contribution in [0.5, 0.6) is 0 Å². The van der Waals surface area contributed by atoms with Gasteiger partial charge in [-0.3, -0.25) is 0 Å². The quantitative estimate of drug-likeness (QED) is 0.906. The summed E-state index contributed by atoms with van der Waals surface area (Å²) < 4.78 is 25.5. The molecule has 1 saturated carbocycles. The molecule has 6 nitrogen and oxygen atoms in total. The fourth-order valence-corrected chi connectivity index (χ4v) is 3.84. The Balaban J connectivity index is 1.70. The summed E-state index contributed by atoms with van der Waals surface area (Å²) in [6.07, 6.45) is 8.42. The Bertz CT molecular complexity index is 601. The molecule has 0 spiro atoms. The van der Waals surface area contributed by atoms with E-state index < -0.39 is 10.0 Å². The van der Waals surface area contributed by atoms with Gasteiger partial charge in [0.25, 0.3) is 0 Å². The predicted octanol–water partition coefficient (Wildman–Crippen LogP) is 1.26. The normalized spacial score (nSPS) is 23.9. The second kappa shape index (κ2) is 5.88. The van der Waals surface area contributed by atoms with Crippen LogP contribution in [0.25, 0.3) is 0 Å². The summed E-state index contributed by atoms with van der Waals surface area (Å²) >= 11 is 0. The average Bonchev–Trinajstić information content (AvgIpc) is 2.35. The van der Waals surface area contributed by atoms with Crippen LogP contribution in [-0.4, -0.2) is 43.8 Å². The topological polar surface area (TPSA) is 75.2 Å². The number of nitrogens with one attached hydrogen (secondary N) is 1. The summed E-state index contributed by atoms with van der Waals surface area (Å²) in [4.78, 5) is 10.9. The molecular formula is C14H22N4O2S. The number of rotatable bonds is 4. The minimum absolute atomic E-state index is 0.0316. The lowest BCUT2D eigenvalue weighted by Gasteiger charge is -2.34.